The standard InChI is InChI=1S/C20H20N2O5S2/c1-12-9-13(2)18-15(10-12)22(11-17(23)27-3)20(28-18)21-19(24)14-7-5-6-8-16(14)29(4,25)26/h5-10H,11H2,1-4H3. The molecule has 0 N–H and O–H groups in total. The van der Waals surface area contributed by atoms with Gasteiger partial charge in [0.05, 0.1) is 27.8 Å². The highest BCUT2D eigenvalue weighted by atomic mass is 32.2. The summed E-state index contributed by atoms with van der Waals surface area (Å²) in [6.45, 7) is 3.77. The van der Waals surface area contributed by atoms with E-state index >= 15 is 0 Å². The summed E-state index contributed by atoms with van der Waals surface area (Å²) in [5.74, 6) is -1.17. The van der Waals surface area contributed by atoms with Crippen molar-refractivity contribution in [3.63, 3.8) is 0 Å². The van der Waals surface area contributed by atoms with Gasteiger partial charge in [-0.3, -0.25) is 9.59 Å². The molecule has 0 fully saturated rings. The predicted octanol–water partition coefficient (Wildman–Crippen LogP) is 2.64. The Morgan fingerprint density at radius 2 is 1.86 bits per heavy atom. The van der Waals surface area contributed by atoms with Gasteiger partial charge >= 0.3 is 5.97 Å². The molecule has 1 aromatic heterocycles. The lowest BCUT2D eigenvalue weighted by Crippen LogP contribution is -2.22. The van der Waals surface area contributed by atoms with Crippen LogP contribution in [-0.2, 0) is 25.9 Å². The second kappa shape index (κ2) is 7.92. The molecule has 0 saturated heterocycles. The highest BCUT2D eigenvalue weighted by molar-refractivity contribution is 7.90. The molecule has 0 saturated carbocycles. The fourth-order valence-corrected chi connectivity index (χ4v) is 5.02. The zero-order valence-corrected chi connectivity index (χ0v) is 18.1. The van der Waals surface area contributed by atoms with E-state index in [1.165, 1.54) is 30.6 Å². The molecule has 0 aliphatic rings. The molecule has 3 aromatic rings. The molecule has 0 bridgehead atoms. The molecular formula is C20H20N2O5S2. The summed E-state index contributed by atoms with van der Waals surface area (Å²) in [7, 11) is -2.31. The summed E-state index contributed by atoms with van der Waals surface area (Å²) in [4.78, 5) is 29.2. The molecule has 0 radical (unpaired) electrons. The van der Waals surface area contributed by atoms with E-state index in [0.717, 1.165) is 27.6 Å². The summed E-state index contributed by atoms with van der Waals surface area (Å²) in [6.07, 6.45) is 1.04. The molecule has 2 aromatic carbocycles. The number of amides is 1. The Balaban J connectivity index is 2.26. The van der Waals surface area contributed by atoms with Crippen molar-refractivity contribution < 1.29 is 22.7 Å². The van der Waals surface area contributed by atoms with Crippen LogP contribution in [0.25, 0.3) is 10.2 Å². The second-order valence-electron chi connectivity index (χ2n) is 6.66. The van der Waals surface area contributed by atoms with Crippen LogP contribution in [0.15, 0.2) is 46.3 Å². The van der Waals surface area contributed by atoms with E-state index in [1.807, 2.05) is 26.0 Å². The van der Waals surface area contributed by atoms with Crippen LogP contribution in [0.4, 0.5) is 0 Å². The number of aromatic nitrogens is 1. The minimum absolute atomic E-state index is 0.00928. The first-order chi connectivity index (χ1) is 13.6. The highest BCUT2D eigenvalue weighted by Gasteiger charge is 2.19. The predicted molar refractivity (Wildman–Crippen MR) is 111 cm³/mol. The van der Waals surface area contributed by atoms with Gasteiger partial charge in [0.15, 0.2) is 14.6 Å². The van der Waals surface area contributed by atoms with Crippen molar-refractivity contribution in [2.24, 2.45) is 4.99 Å². The second-order valence-corrected chi connectivity index (χ2v) is 9.62. The SMILES string of the molecule is COC(=O)Cn1c(=NC(=O)c2ccccc2S(C)(=O)=O)sc2c(C)cc(C)cc21. The average molecular weight is 433 g/mol. The van der Waals surface area contributed by atoms with Gasteiger partial charge in [0.25, 0.3) is 5.91 Å². The fraction of sp³-hybridized carbons (Fsp3) is 0.250. The quantitative estimate of drug-likeness (QED) is 0.591. The van der Waals surface area contributed by atoms with Gasteiger partial charge in [-0.1, -0.05) is 29.5 Å². The molecule has 1 heterocycles. The lowest BCUT2D eigenvalue weighted by atomic mass is 10.1. The molecule has 0 spiro atoms. The van der Waals surface area contributed by atoms with Gasteiger partial charge in [-0.25, -0.2) is 8.42 Å². The smallest absolute Gasteiger partial charge is 0.325 e. The van der Waals surface area contributed by atoms with E-state index in [4.69, 9.17) is 4.74 Å². The first kappa shape index (κ1) is 20.9. The number of thiazole rings is 1. The van der Waals surface area contributed by atoms with Gasteiger partial charge < -0.3 is 9.30 Å². The van der Waals surface area contributed by atoms with Crippen molar-refractivity contribution in [3.8, 4) is 0 Å². The monoisotopic (exact) mass is 432 g/mol. The number of aryl methyl sites for hydroxylation is 2. The van der Waals surface area contributed by atoms with E-state index in [2.05, 4.69) is 4.99 Å². The zero-order valence-electron chi connectivity index (χ0n) is 16.4. The molecule has 3 rings (SSSR count). The van der Waals surface area contributed by atoms with Crippen molar-refractivity contribution in [1.82, 2.24) is 4.57 Å². The summed E-state index contributed by atoms with van der Waals surface area (Å²) >= 11 is 1.27. The van der Waals surface area contributed by atoms with E-state index < -0.39 is 21.7 Å². The van der Waals surface area contributed by atoms with Crippen LogP contribution in [0.3, 0.4) is 0 Å². The molecule has 7 nitrogen and oxygen atoms in total. The largest absolute Gasteiger partial charge is 0.468 e. The number of esters is 1. The molecule has 9 heteroatoms. The summed E-state index contributed by atoms with van der Waals surface area (Å²) < 4.78 is 31.3. The van der Waals surface area contributed by atoms with E-state index in [9.17, 15) is 18.0 Å². The minimum Gasteiger partial charge on any atom is -0.468 e. The summed E-state index contributed by atoms with van der Waals surface area (Å²) in [6, 6.07) is 9.85. The van der Waals surface area contributed by atoms with Gasteiger partial charge in [-0.15, -0.1) is 0 Å². The molecule has 0 aliphatic carbocycles. The van der Waals surface area contributed by atoms with Crippen LogP contribution >= 0.6 is 11.3 Å². The number of nitrogens with zero attached hydrogens (tertiary/aromatic N) is 2. The maximum absolute atomic E-state index is 12.9. The topological polar surface area (TPSA) is 94.8 Å². The number of rotatable bonds is 4. The highest BCUT2D eigenvalue weighted by Crippen LogP contribution is 2.24. The van der Waals surface area contributed by atoms with Crippen LogP contribution < -0.4 is 4.80 Å². The van der Waals surface area contributed by atoms with Crippen LogP contribution in [0, 0.1) is 13.8 Å². The number of fused-ring (bicyclic) bond motifs is 1. The van der Waals surface area contributed by atoms with Gasteiger partial charge in [-0.05, 0) is 43.2 Å². The number of hydrogen-bond acceptors (Lipinski definition) is 6. The molecular weight excluding hydrogens is 412 g/mol. The maximum Gasteiger partial charge on any atom is 0.325 e. The molecule has 29 heavy (non-hydrogen) atoms. The van der Waals surface area contributed by atoms with Crippen molar-refractivity contribution in [2.45, 2.75) is 25.3 Å². The Bertz CT molecular complexity index is 1300. The van der Waals surface area contributed by atoms with Crippen LogP contribution in [0.1, 0.15) is 21.5 Å². The number of carbonyl (C=O) groups excluding carboxylic acids is 2. The summed E-state index contributed by atoms with van der Waals surface area (Å²) in [5, 5.41) is 0. The number of ether oxygens (including phenoxy) is 1. The van der Waals surface area contributed by atoms with Gasteiger partial charge in [0.1, 0.15) is 6.54 Å². The normalized spacial score (nSPS) is 12.3. The average Bonchev–Trinajstić information content (AvgIpc) is 2.98. The zero-order chi connectivity index (χ0) is 21.3. The van der Waals surface area contributed by atoms with Crippen molar-refractivity contribution in [1.29, 1.82) is 0 Å². The van der Waals surface area contributed by atoms with Gasteiger partial charge in [0.2, 0.25) is 0 Å². The maximum atomic E-state index is 12.9. The third kappa shape index (κ3) is 4.30. The van der Waals surface area contributed by atoms with Crippen molar-refractivity contribution in [2.75, 3.05) is 13.4 Å². The Morgan fingerprint density at radius 1 is 1.17 bits per heavy atom. The first-order valence-electron chi connectivity index (χ1n) is 8.67. The van der Waals surface area contributed by atoms with E-state index in [0.29, 0.717) is 4.80 Å². The summed E-state index contributed by atoms with van der Waals surface area (Å²) in [5.41, 5.74) is 2.76. The number of benzene rings is 2. The third-order valence-electron chi connectivity index (χ3n) is 4.34. The van der Waals surface area contributed by atoms with E-state index in [1.54, 1.807) is 16.7 Å². The number of carbonyl (C=O) groups is 2. The lowest BCUT2D eigenvalue weighted by molar-refractivity contribution is -0.141. The van der Waals surface area contributed by atoms with Crippen molar-refractivity contribution in [3.05, 3.63) is 57.9 Å². The number of methoxy groups -OCH3 is 1. The minimum atomic E-state index is -3.60. The number of hydrogen-bond donors (Lipinski definition) is 0. The van der Waals surface area contributed by atoms with Crippen LogP contribution in [0.2, 0.25) is 0 Å². The Labute approximate surface area is 172 Å². The number of sulfone groups is 1. The lowest BCUT2D eigenvalue weighted by Gasteiger charge is -2.06. The van der Waals surface area contributed by atoms with E-state index in [-0.39, 0.29) is 17.0 Å². The molecule has 0 aliphatic heterocycles. The molecule has 1 amide bonds. The fourth-order valence-electron chi connectivity index (χ4n) is 3.06. The molecule has 0 atom stereocenters. The van der Waals surface area contributed by atoms with Gasteiger partial charge in [0, 0.05) is 6.26 Å². The first-order valence-corrected chi connectivity index (χ1v) is 11.4. The Kier molecular flexibility index (Phi) is 5.72. The molecule has 152 valence electrons. The van der Waals surface area contributed by atoms with Crippen LogP contribution in [-0.4, -0.2) is 38.2 Å². The van der Waals surface area contributed by atoms with Crippen LogP contribution in [0.5, 0.6) is 0 Å². The molecule has 0 unspecified atom stereocenters. The third-order valence-corrected chi connectivity index (χ3v) is 6.73. The Morgan fingerprint density at radius 3 is 2.52 bits per heavy atom. The van der Waals surface area contributed by atoms with Crippen molar-refractivity contribution >= 4 is 43.3 Å². The Hall–Kier alpha value is -2.78. The van der Waals surface area contributed by atoms with Gasteiger partial charge in [-0.2, -0.15) is 4.99 Å².